The largest absolute Gasteiger partial charge is 0.573 e. The van der Waals surface area contributed by atoms with E-state index in [-0.39, 0.29) is 23.3 Å². The van der Waals surface area contributed by atoms with Crippen LogP contribution in [0.3, 0.4) is 0 Å². The topological polar surface area (TPSA) is 68.2 Å². The molecule has 1 amide bonds. The number of thiol groups is 1. The minimum Gasteiger partial charge on any atom is -0.457 e. The van der Waals surface area contributed by atoms with Crippen molar-refractivity contribution in [1.82, 2.24) is 5.06 Å². The SMILES string of the molecule is CC1(C2CC2)C[C@@H]([C@@H](C[SH+]c2ccc(Oc3ccc(OC(F)(F)F)cc3)cc2)N(O)C=O)CO1. The van der Waals surface area contributed by atoms with Crippen LogP contribution in [0.1, 0.15) is 26.2 Å². The van der Waals surface area contributed by atoms with Gasteiger partial charge in [0.15, 0.2) is 4.90 Å². The van der Waals surface area contributed by atoms with E-state index in [2.05, 4.69) is 11.7 Å². The molecule has 1 aliphatic carbocycles. The van der Waals surface area contributed by atoms with E-state index < -0.39 is 6.36 Å². The molecule has 34 heavy (non-hydrogen) atoms. The molecule has 2 aromatic carbocycles. The number of rotatable bonds is 10. The highest BCUT2D eigenvalue weighted by Crippen LogP contribution is 2.49. The van der Waals surface area contributed by atoms with Gasteiger partial charge in [-0.15, -0.1) is 13.2 Å². The molecule has 1 unspecified atom stereocenters. The number of alkyl halides is 3. The first kappa shape index (κ1) is 24.7. The standard InChI is InChI=1S/C24H26F3NO5S/c1-23(17-2-3-17)12-16(13-31-23)22(28(30)15-29)14-34-21-10-8-19(9-11-21)32-18-4-6-20(7-5-18)33-24(25,26)27/h4-11,15-17,22,30H,2-3,12-14H2,1H3/p+1/t16-,22-,23?/m1/s1. The Morgan fingerprint density at radius 1 is 1.15 bits per heavy atom. The number of benzene rings is 2. The molecule has 0 radical (unpaired) electrons. The van der Waals surface area contributed by atoms with E-state index >= 15 is 0 Å². The molecule has 3 atom stereocenters. The second kappa shape index (κ2) is 10.1. The second-order valence-corrected chi connectivity index (χ2v) is 10.1. The van der Waals surface area contributed by atoms with Crippen molar-refractivity contribution in [2.75, 3.05) is 12.4 Å². The lowest BCUT2D eigenvalue weighted by Gasteiger charge is -2.26. The van der Waals surface area contributed by atoms with E-state index in [1.807, 2.05) is 12.1 Å². The number of hydrogen-bond acceptors (Lipinski definition) is 5. The van der Waals surface area contributed by atoms with Crippen LogP contribution >= 0.6 is 0 Å². The Hall–Kier alpha value is -2.43. The number of carbonyl (C=O) groups is 1. The Balaban J connectivity index is 1.32. The van der Waals surface area contributed by atoms with Gasteiger partial charge in [0.1, 0.15) is 29.0 Å². The molecular weight excluding hydrogens is 471 g/mol. The molecule has 1 saturated carbocycles. The van der Waals surface area contributed by atoms with Crippen molar-refractivity contribution in [3.05, 3.63) is 48.5 Å². The molecule has 184 valence electrons. The van der Waals surface area contributed by atoms with Crippen LogP contribution in [0, 0.1) is 11.8 Å². The lowest BCUT2D eigenvalue weighted by Crippen LogP contribution is -2.41. The average Bonchev–Trinajstić information content (AvgIpc) is 3.59. The van der Waals surface area contributed by atoms with Gasteiger partial charge in [-0.1, -0.05) is 0 Å². The zero-order valence-corrected chi connectivity index (χ0v) is 19.5. The predicted molar refractivity (Wildman–Crippen MR) is 120 cm³/mol. The maximum absolute atomic E-state index is 12.3. The summed E-state index contributed by atoms with van der Waals surface area (Å²) in [7, 11) is 0. The fourth-order valence-corrected chi connectivity index (χ4v) is 5.58. The van der Waals surface area contributed by atoms with Gasteiger partial charge in [-0.25, -0.2) is 5.06 Å². The highest BCUT2D eigenvalue weighted by atomic mass is 32.2. The van der Waals surface area contributed by atoms with Crippen molar-refractivity contribution >= 4 is 18.2 Å². The molecule has 1 saturated heterocycles. The number of amides is 1. The van der Waals surface area contributed by atoms with Gasteiger partial charge >= 0.3 is 6.36 Å². The monoisotopic (exact) mass is 498 g/mol. The Morgan fingerprint density at radius 3 is 2.29 bits per heavy atom. The summed E-state index contributed by atoms with van der Waals surface area (Å²) >= 11 is 0.936. The number of halogens is 3. The van der Waals surface area contributed by atoms with Crippen LogP contribution in [0.15, 0.2) is 53.4 Å². The summed E-state index contributed by atoms with van der Waals surface area (Å²) in [5, 5.41) is 11.0. The number of carbonyl (C=O) groups excluding carboxylic acids is 1. The fraction of sp³-hybridized carbons (Fsp3) is 0.458. The Bertz CT molecular complexity index is 968. The van der Waals surface area contributed by atoms with Crippen LogP contribution < -0.4 is 9.47 Å². The number of ether oxygens (including phenoxy) is 3. The van der Waals surface area contributed by atoms with Crippen LogP contribution in [-0.4, -0.2) is 47.0 Å². The quantitative estimate of drug-likeness (QED) is 0.165. The normalized spacial score (nSPS) is 23.4. The van der Waals surface area contributed by atoms with Gasteiger partial charge in [0.05, 0.1) is 12.2 Å². The van der Waals surface area contributed by atoms with Gasteiger partial charge in [0, 0.05) is 17.7 Å². The first-order valence-electron chi connectivity index (χ1n) is 11.0. The lowest BCUT2D eigenvalue weighted by molar-refractivity contribution is -0.274. The molecule has 10 heteroatoms. The minimum absolute atomic E-state index is 0.0696. The molecule has 2 aromatic rings. The average molecular weight is 499 g/mol. The smallest absolute Gasteiger partial charge is 0.457 e. The summed E-state index contributed by atoms with van der Waals surface area (Å²) in [6.45, 7) is 2.65. The van der Waals surface area contributed by atoms with Gasteiger partial charge in [0.2, 0.25) is 6.41 Å². The van der Waals surface area contributed by atoms with E-state index in [0.717, 1.165) is 28.1 Å². The van der Waals surface area contributed by atoms with E-state index in [1.165, 1.54) is 37.1 Å². The third-order valence-electron chi connectivity index (χ3n) is 6.32. The van der Waals surface area contributed by atoms with Crippen molar-refractivity contribution in [2.24, 2.45) is 11.8 Å². The molecule has 1 N–H and O–H groups in total. The van der Waals surface area contributed by atoms with Crippen molar-refractivity contribution in [1.29, 1.82) is 0 Å². The van der Waals surface area contributed by atoms with Gasteiger partial charge in [-0.05, 0) is 80.6 Å². The molecular formula is C24H27F3NO5S+. The van der Waals surface area contributed by atoms with Crippen LogP contribution in [0.5, 0.6) is 17.2 Å². The molecule has 2 fully saturated rings. The summed E-state index contributed by atoms with van der Waals surface area (Å²) in [6.07, 6.45) is -1.13. The lowest BCUT2D eigenvalue weighted by atomic mass is 9.88. The van der Waals surface area contributed by atoms with Crippen LogP contribution in [0.25, 0.3) is 0 Å². The number of nitrogens with zero attached hydrogens (tertiary/aromatic N) is 1. The van der Waals surface area contributed by atoms with Crippen molar-refractivity contribution < 1.29 is 37.4 Å². The van der Waals surface area contributed by atoms with E-state index in [1.54, 1.807) is 12.1 Å². The van der Waals surface area contributed by atoms with Gasteiger partial charge < -0.3 is 14.2 Å². The summed E-state index contributed by atoms with van der Waals surface area (Å²) in [5.74, 6) is 1.79. The summed E-state index contributed by atoms with van der Waals surface area (Å²) in [5.41, 5.74) is -0.167. The van der Waals surface area contributed by atoms with Gasteiger partial charge in [-0.3, -0.25) is 10.0 Å². The zero-order chi connectivity index (χ0) is 24.3. The summed E-state index contributed by atoms with van der Waals surface area (Å²) in [4.78, 5) is 12.3. The van der Waals surface area contributed by atoms with E-state index in [4.69, 9.17) is 9.47 Å². The summed E-state index contributed by atoms with van der Waals surface area (Å²) in [6, 6.07) is 12.1. The molecule has 0 spiro atoms. The number of hydroxylamine groups is 2. The highest BCUT2D eigenvalue weighted by molar-refractivity contribution is 7.78. The van der Waals surface area contributed by atoms with Crippen LogP contribution in [0.4, 0.5) is 13.2 Å². The van der Waals surface area contributed by atoms with Crippen molar-refractivity contribution in [3.8, 4) is 17.2 Å². The molecule has 4 rings (SSSR count). The van der Waals surface area contributed by atoms with Crippen LogP contribution in [-0.2, 0) is 21.3 Å². The first-order chi connectivity index (χ1) is 16.1. The minimum atomic E-state index is -4.74. The number of hydrogen-bond donors (Lipinski definition) is 1. The van der Waals surface area contributed by atoms with Gasteiger partial charge in [0.25, 0.3) is 0 Å². The second-order valence-electron chi connectivity index (χ2n) is 8.87. The van der Waals surface area contributed by atoms with Crippen molar-refractivity contribution in [3.63, 3.8) is 0 Å². The molecule has 2 aliphatic rings. The summed E-state index contributed by atoms with van der Waals surface area (Å²) < 4.78 is 52.4. The van der Waals surface area contributed by atoms with Gasteiger partial charge in [-0.2, -0.15) is 0 Å². The van der Waals surface area contributed by atoms with E-state index in [9.17, 15) is 23.2 Å². The molecule has 1 heterocycles. The predicted octanol–water partition coefficient (Wildman–Crippen LogP) is 4.97. The molecule has 0 bridgehead atoms. The van der Waals surface area contributed by atoms with Crippen LogP contribution in [0.2, 0.25) is 0 Å². The molecule has 0 aromatic heterocycles. The molecule has 6 nitrogen and oxygen atoms in total. The Morgan fingerprint density at radius 2 is 1.74 bits per heavy atom. The van der Waals surface area contributed by atoms with E-state index in [0.29, 0.717) is 36.2 Å². The highest BCUT2D eigenvalue weighted by Gasteiger charge is 2.50. The first-order valence-corrected chi connectivity index (χ1v) is 12.1. The Labute approximate surface area is 199 Å². The zero-order valence-electron chi connectivity index (χ0n) is 18.6. The third-order valence-corrected chi connectivity index (χ3v) is 7.54. The maximum atomic E-state index is 12.3. The van der Waals surface area contributed by atoms with Crippen molar-refractivity contribution in [2.45, 2.75) is 49.1 Å². The Kier molecular flexibility index (Phi) is 7.30. The maximum Gasteiger partial charge on any atom is 0.573 e. The molecule has 1 aliphatic heterocycles. The fourth-order valence-electron chi connectivity index (χ4n) is 4.35. The third kappa shape index (κ3) is 6.37.